The predicted molar refractivity (Wildman–Crippen MR) is 76.9 cm³/mol. The highest BCUT2D eigenvalue weighted by Gasteiger charge is 2.54. The molecule has 2 saturated heterocycles. The van der Waals surface area contributed by atoms with Gasteiger partial charge < -0.3 is 4.74 Å². The minimum atomic E-state index is -0.0520. The Morgan fingerprint density at radius 2 is 1.44 bits per heavy atom. The Morgan fingerprint density at radius 1 is 0.944 bits per heavy atom. The maximum absolute atomic E-state index is 6.55. The lowest BCUT2D eigenvalue weighted by Crippen LogP contribution is -2.57. The third kappa shape index (κ3) is 2.60. The zero-order chi connectivity index (χ0) is 13.6. The molecule has 2 aliphatic rings. The molecule has 2 nitrogen and oxygen atoms in total. The van der Waals surface area contributed by atoms with Crippen molar-refractivity contribution in [2.45, 2.75) is 84.5 Å². The molecule has 0 aromatic carbocycles. The normalized spacial score (nSPS) is 26.3. The number of ether oxygens (including phenoxy) is 1. The first kappa shape index (κ1) is 14.3. The van der Waals surface area contributed by atoms with Gasteiger partial charge in [0.25, 0.3) is 0 Å². The summed E-state index contributed by atoms with van der Waals surface area (Å²) in [5.41, 5.74) is 0.481. The third-order valence-electron chi connectivity index (χ3n) is 4.45. The third-order valence-corrected chi connectivity index (χ3v) is 4.45. The van der Waals surface area contributed by atoms with Crippen molar-refractivity contribution in [2.24, 2.45) is 5.41 Å². The summed E-state index contributed by atoms with van der Waals surface area (Å²) >= 11 is 0. The fraction of sp³-hybridized carbons (Fsp3) is 1.00. The molecule has 0 bridgehead atoms. The molecule has 18 heavy (non-hydrogen) atoms. The van der Waals surface area contributed by atoms with Gasteiger partial charge in [0.2, 0.25) is 0 Å². The summed E-state index contributed by atoms with van der Waals surface area (Å²) in [4.78, 5) is 2.72. The summed E-state index contributed by atoms with van der Waals surface area (Å²) < 4.78 is 6.55. The molecule has 0 amide bonds. The van der Waals surface area contributed by atoms with Crippen molar-refractivity contribution in [3.63, 3.8) is 0 Å². The Bertz CT molecular complexity index is 287. The molecule has 106 valence electrons. The molecule has 0 aromatic heterocycles. The van der Waals surface area contributed by atoms with Crippen molar-refractivity contribution in [1.29, 1.82) is 0 Å². The van der Waals surface area contributed by atoms with Gasteiger partial charge in [-0.25, -0.2) is 0 Å². The minimum Gasteiger partial charge on any atom is -0.370 e. The zero-order valence-corrected chi connectivity index (χ0v) is 13.2. The van der Waals surface area contributed by atoms with Crippen LogP contribution in [0.1, 0.15) is 67.2 Å². The van der Waals surface area contributed by atoms with Crippen molar-refractivity contribution in [3.8, 4) is 0 Å². The van der Waals surface area contributed by atoms with Gasteiger partial charge in [-0.1, -0.05) is 20.8 Å². The maximum Gasteiger partial charge on any atom is 0.0813 e. The summed E-state index contributed by atoms with van der Waals surface area (Å²) in [5.74, 6) is 0. The standard InChI is InChI=1S/C16H31NO/c1-14(2,3)13(18-15(4,5)6)16-9-7-11-17(16)12-8-10-16/h13H,7-12H2,1-6H3. The molecule has 0 saturated carbocycles. The molecule has 0 N–H and O–H groups in total. The van der Waals surface area contributed by atoms with E-state index in [1.165, 1.54) is 38.8 Å². The molecule has 1 unspecified atom stereocenters. The average Bonchev–Trinajstić information content (AvgIpc) is 2.68. The molecule has 0 radical (unpaired) electrons. The van der Waals surface area contributed by atoms with E-state index in [0.29, 0.717) is 11.6 Å². The lowest BCUT2D eigenvalue weighted by molar-refractivity contribution is -0.159. The number of hydrogen-bond acceptors (Lipinski definition) is 2. The Hall–Kier alpha value is -0.0800. The number of rotatable bonds is 2. The van der Waals surface area contributed by atoms with Crippen LogP contribution in [0.3, 0.4) is 0 Å². The van der Waals surface area contributed by atoms with E-state index in [2.05, 4.69) is 46.4 Å². The summed E-state index contributed by atoms with van der Waals surface area (Å²) in [5, 5.41) is 0. The molecule has 0 aliphatic carbocycles. The van der Waals surface area contributed by atoms with E-state index in [1.54, 1.807) is 0 Å². The minimum absolute atomic E-state index is 0.0520. The van der Waals surface area contributed by atoms with Crippen LogP contribution < -0.4 is 0 Å². The lowest BCUT2D eigenvalue weighted by Gasteiger charge is -2.48. The van der Waals surface area contributed by atoms with Crippen LogP contribution in [0.4, 0.5) is 0 Å². The molecular formula is C16H31NO. The van der Waals surface area contributed by atoms with Crippen LogP contribution in [0.2, 0.25) is 0 Å². The molecule has 1 atom stereocenters. The van der Waals surface area contributed by atoms with Gasteiger partial charge in [0.05, 0.1) is 11.7 Å². The smallest absolute Gasteiger partial charge is 0.0813 e. The van der Waals surface area contributed by atoms with Crippen LogP contribution in [0, 0.1) is 5.41 Å². The van der Waals surface area contributed by atoms with E-state index >= 15 is 0 Å². The number of nitrogens with zero attached hydrogens (tertiary/aromatic N) is 1. The Labute approximate surface area is 113 Å². The van der Waals surface area contributed by atoms with Crippen LogP contribution in [0.5, 0.6) is 0 Å². The Balaban J connectivity index is 2.29. The maximum atomic E-state index is 6.55. The van der Waals surface area contributed by atoms with Gasteiger partial charge in [-0.3, -0.25) is 4.90 Å². The Morgan fingerprint density at radius 3 is 1.83 bits per heavy atom. The molecule has 2 heterocycles. The number of fused-ring (bicyclic) bond motifs is 1. The fourth-order valence-corrected chi connectivity index (χ4v) is 4.02. The summed E-state index contributed by atoms with van der Waals surface area (Å²) in [6.07, 6.45) is 5.69. The monoisotopic (exact) mass is 253 g/mol. The van der Waals surface area contributed by atoms with Crippen molar-refractivity contribution >= 4 is 0 Å². The average molecular weight is 253 g/mol. The van der Waals surface area contributed by atoms with Gasteiger partial charge in [0.1, 0.15) is 0 Å². The first-order chi connectivity index (χ1) is 8.15. The quantitative estimate of drug-likeness (QED) is 0.741. The molecule has 0 spiro atoms. The first-order valence-corrected chi connectivity index (χ1v) is 7.58. The lowest BCUT2D eigenvalue weighted by atomic mass is 9.73. The zero-order valence-electron chi connectivity index (χ0n) is 13.2. The summed E-state index contributed by atoms with van der Waals surface area (Å²) in [6.45, 7) is 16.1. The van der Waals surface area contributed by atoms with E-state index < -0.39 is 0 Å². The van der Waals surface area contributed by atoms with Gasteiger partial charge in [-0.15, -0.1) is 0 Å². The fourth-order valence-electron chi connectivity index (χ4n) is 4.02. The molecule has 0 aromatic rings. The topological polar surface area (TPSA) is 12.5 Å². The van der Waals surface area contributed by atoms with Gasteiger partial charge in [-0.05, 0) is 65.0 Å². The molecule has 2 rings (SSSR count). The first-order valence-electron chi connectivity index (χ1n) is 7.58. The van der Waals surface area contributed by atoms with Crippen LogP contribution in [0.25, 0.3) is 0 Å². The van der Waals surface area contributed by atoms with Crippen molar-refractivity contribution < 1.29 is 4.74 Å². The second kappa shape index (κ2) is 4.49. The highest BCUT2D eigenvalue weighted by molar-refractivity contribution is 5.09. The van der Waals surface area contributed by atoms with Crippen LogP contribution in [0.15, 0.2) is 0 Å². The van der Waals surface area contributed by atoms with Crippen LogP contribution >= 0.6 is 0 Å². The van der Waals surface area contributed by atoms with E-state index in [1.807, 2.05) is 0 Å². The highest BCUT2D eigenvalue weighted by atomic mass is 16.5. The molecular weight excluding hydrogens is 222 g/mol. The van der Waals surface area contributed by atoms with Crippen molar-refractivity contribution in [2.75, 3.05) is 13.1 Å². The van der Waals surface area contributed by atoms with E-state index in [-0.39, 0.29) is 11.0 Å². The second-order valence-corrected chi connectivity index (χ2v) is 8.27. The molecule has 2 aliphatic heterocycles. The molecule has 2 heteroatoms. The van der Waals surface area contributed by atoms with Gasteiger partial charge >= 0.3 is 0 Å². The van der Waals surface area contributed by atoms with E-state index in [4.69, 9.17) is 4.74 Å². The van der Waals surface area contributed by atoms with Gasteiger partial charge in [-0.2, -0.15) is 0 Å². The largest absolute Gasteiger partial charge is 0.370 e. The van der Waals surface area contributed by atoms with Crippen LogP contribution in [-0.2, 0) is 4.74 Å². The van der Waals surface area contributed by atoms with E-state index in [0.717, 1.165) is 0 Å². The second-order valence-electron chi connectivity index (χ2n) is 8.27. The number of hydrogen-bond donors (Lipinski definition) is 0. The van der Waals surface area contributed by atoms with E-state index in [9.17, 15) is 0 Å². The SMILES string of the molecule is CC(C)(C)OC(C(C)(C)C)C12CCCN1CCC2. The van der Waals surface area contributed by atoms with Crippen molar-refractivity contribution in [3.05, 3.63) is 0 Å². The molecule has 2 fully saturated rings. The predicted octanol–water partition coefficient (Wildman–Crippen LogP) is 3.84. The highest BCUT2D eigenvalue weighted by Crippen LogP contribution is 2.48. The van der Waals surface area contributed by atoms with Crippen molar-refractivity contribution in [1.82, 2.24) is 4.90 Å². The van der Waals surface area contributed by atoms with Crippen LogP contribution in [-0.4, -0.2) is 35.2 Å². The van der Waals surface area contributed by atoms with Gasteiger partial charge in [0.15, 0.2) is 0 Å². The summed E-state index contributed by atoms with van der Waals surface area (Å²) in [6, 6.07) is 0. The summed E-state index contributed by atoms with van der Waals surface area (Å²) in [7, 11) is 0. The Kier molecular flexibility index (Phi) is 3.57. The van der Waals surface area contributed by atoms with Gasteiger partial charge in [0, 0.05) is 5.54 Å².